The van der Waals surface area contributed by atoms with Gasteiger partial charge in [0.05, 0.1) is 11.4 Å². The zero-order chi connectivity index (χ0) is 32.1. The first kappa shape index (κ1) is 27.1. The summed E-state index contributed by atoms with van der Waals surface area (Å²) in [6.45, 7) is 0. The minimum atomic E-state index is 0.348. The fourth-order valence-electron chi connectivity index (χ4n) is 8.39. The lowest BCUT2D eigenvalue weighted by Gasteiger charge is -2.36. The molecule has 2 aliphatic rings. The molecule has 11 rings (SSSR count). The lowest BCUT2D eigenvalue weighted by molar-refractivity contribution is 0.789. The first-order chi connectivity index (χ1) is 24.3. The maximum absolute atomic E-state index is 5.14. The third kappa shape index (κ3) is 4.06. The normalized spacial score (nSPS) is 14.2. The molecular formula is C46H28N2S. The number of aromatic nitrogens is 2. The summed E-state index contributed by atoms with van der Waals surface area (Å²) in [7, 11) is 0. The maximum atomic E-state index is 5.14. The smallest absolute Gasteiger partial charge is 0.160 e. The number of hydrogen-bond acceptors (Lipinski definition) is 3. The molecule has 2 aliphatic carbocycles. The monoisotopic (exact) mass is 640 g/mol. The molecule has 2 bridgehead atoms. The summed E-state index contributed by atoms with van der Waals surface area (Å²) >= 11 is 1.87. The molecule has 0 saturated heterocycles. The van der Waals surface area contributed by atoms with Crippen molar-refractivity contribution >= 4 is 42.3 Å². The van der Waals surface area contributed by atoms with E-state index in [1.807, 2.05) is 23.5 Å². The van der Waals surface area contributed by atoms with Crippen LogP contribution in [0.3, 0.4) is 0 Å². The average Bonchev–Trinajstić information content (AvgIpc) is 3.53. The molecule has 3 heteroatoms. The lowest BCUT2D eigenvalue weighted by atomic mass is 9.67. The fourth-order valence-corrected chi connectivity index (χ4v) is 9.50. The van der Waals surface area contributed by atoms with Crippen molar-refractivity contribution in [2.24, 2.45) is 0 Å². The molecular weight excluding hydrogens is 613 g/mol. The Kier molecular flexibility index (Phi) is 5.69. The van der Waals surface area contributed by atoms with E-state index >= 15 is 0 Å². The summed E-state index contributed by atoms with van der Waals surface area (Å²) in [6.07, 6.45) is 1.06. The molecule has 0 N–H and O–H groups in total. The highest BCUT2D eigenvalue weighted by Gasteiger charge is 2.34. The van der Waals surface area contributed by atoms with E-state index in [0.717, 1.165) is 40.3 Å². The van der Waals surface area contributed by atoms with Crippen LogP contribution < -0.4 is 0 Å². The predicted molar refractivity (Wildman–Crippen MR) is 205 cm³/mol. The summed E-state index contributed by atoms with van der Waals surface area (Å²) in [4.78, 5) is 10.3. The topological polar surface area (TPSA) is 25.8 Å². The third-order valence-electron chi connectivity index (χ3n) is 10.6. The second kappa shape index (κ2) is 10.3. The average molecular weight is 641 g/mol. The Labute approximate surface area is 288 Å². The Balaban J connectivity index is 1.13. The first-order valence-corrected chi connectivity index (χ1v) is 17.7. The molecule has 1 atom stereocenters. The van der Waals surface area contributed by atoms with Crippen molar-refractivity contribution in [2.45, 2.75) is 12.3 Å². The summed E-state index contributed by atoms with van der Waals surface area (Å²) in [5.74, 6) is 1.09. The van der Waals surface area contributed by atoms with E-state index in [0.29, 0.717) is 5.92 Å². The van der Waals surface area contributed by atoms with E-state index in [4.69, 9.17) is 9.97 Å². The van der Waals surface area contributed by atoms with Gasteiger partial charge in [0, 0.05) is 42.8 Å². The van der Waals surface area contributed by atoms with E-state index in [9.17, 15) is 0 Å². The summed E-state index contributed by atoms with van der Waals surface area (Å²) < 4.78 is 2.59. The van der Waals surface area contributed by atoms with Gasteiger partial charge in [0.15, 0.2) is 5.82 Å². The molecule has 2 nitrogen and oxygen atoms in total. The van der Waals surface area contributed by atoms with Gasteiger partial charge in [-0.3, -0.25) is 0 Å². The number of rotatable bonds is 3. The van der Waals surface area contributed by atoms with Crippen molar-refractivity contribution in [3.05, 3.63) is 168 Å². The van der Waals surface area contributed by atoms with E-state index < -0.39 is 0 Å². The Morgan fingerprint density at radius 2 is 1.14 bits per heavy atom. The molecule has 0 aliphatic heterocycles. The molecule has 0 saturated carbocycles. The summed E-state index contributed by atoms with van der Waals surface area (Å²) in [5, 5.41) is 5.23. The van der Waals surface area contributed by atoms with E-state index in [1.54, 1.807) is 0 Å². The molecule has 0 spiro atoms. The highest BCUT2D eigenvalue weighted by Crippen LogP contribution is 2.54. The zero-order valence-corrected chi connectivity index (χ0v) is 27.3. The molecule has 2 heterocycles. The van der Waals surface area contributed by atoms with Crippen LogP contribution in [0.15, 0.2) is 152 Å². The number of hydrogen-bond donors (Lipinski definition) is 0. The van der Waals surface area contributed by atoms with Crippen LogP contribution >= 0.6 is 11.3 Å². The Morgan fingerprint density at radius 1 is 0.469 bits per heavy atom. The van der Waals surface area contributed by atoms with Gasteiger partial charge in [-0.2, -0.15) is 0 Å². The second-order valence-electron chi connectivity index (χ2n) is 13.3. The van der Waals surface area contributed by atoms with E-state index in [1.165, 1.54) is 69.9 Å². The standard InChI is InChI=1S/C46H28N2S/c1-3-10-27(11-4-1)41-26-42(28-12-5-2-6-13-28)48-46(47-41)30-19-21-43-38(22-30)39-24-36-29(23-44(39)49-43)18-20-35-34-17-9-16-32-31-14-7-8-15-33(31)40(45(35)36)25-37(32)34/h1-24,26,40H,25H2. The molecule has 9 aromatic rings. The van der Waals surface area contributed by atoms with Gasteiger partial charge in [-0.1, -0.05) is 115 Å². The number of benzene rings is 7. The number of nitrogens with zero attached hydrogens (tertiary/aromatic N) is 2. The number of fused-ring (bicyclic) bond motifs is 12. The minimum Gasteiger partial charge on any atom is -0.228 e. The molecule has 2 aromatic heterocycles. The van der Waals surface area contributed by atoms with Crippen LogP contribution in [0.1, 0.15) is 22.6 Å². The summed E-state index contributed by atoms with van der Waals surface area (Å²) in [5.41, 5.74) is 15.0. The highest BCUT2D eigenvalue weighted by atomic mass is 32.1. The molecule has 228 valence electrons. The molecule has 0 fully saturated rings. The molecule has 49 heavy (non-hydrogen) atoms. The first-order valence-electron chi connectivity index (χ1n) is 16.9. The SMILES string of the molecule is c1ccc(-c2cc(-c3ccccc3)nc(-c3ccc4sc5cc6ccc7c(c6cc5c4c3)C3Cc4c(cccc4-7)-c4ccccc43)n2)cc1. The molecule has 7 aromatic carbocycles. The van der Waals surface area contributed by atoms with Gasteiger partial charge in [-0.05, 0) is 92.5 Å². The van der Waals surface area contributed by atoms with Crippen LogP contribution in [-0.4, -0.2) is 9.97 Å². The van der Waals surface area contributed by atoms with Gasteiger partial charge in [0.2, 0.25) is 0 Å². The quantitative estimate of drug-likeness (QED) is 0.192. The van der Waals surface area contributed by atoms with Gasteiger partial charge >= 0.3 is 0 Å². The van der Waals surface area contributed by atoms with E-state index in [-0.39, 0.29) is 0 Å². The van der Waals surface area contributed by atoms with Crippen LogP contribution in [0.5, 0.6) is 0 Å². The van der Waals surface area contributed by atoms with Crippen molar-refractivity contribution in [3.63, 3.8) is 0 Å². The van der Waals surface area contributed by atoms with Crippen LogP contribution in [0.2, 0.25) is 0 Å². The van der Waals surface area contributed by atoms with Crippen molar-refractivity contribution in [3.8, 4) is 56.2 Å². The third-order valence-corrected chi connectivity index (χ3v) is 11.8. The van der Waals surface area contributed by atoms with Crippen molar-refractivity contribution < 1.29 is 0 Å². The lowest BCUT2D eigenvalue weighted by Crippen LogP contribution is -2.19. The maximum Gasteiger partial charge on any atom is 0.160 e. The van der Waals surface area contributed by atoms with Gasteiger partial charge in [0.1, 0.15) is 0 Å². The fraction of sp³-hybridized carbons (Fsp3) is 0.0435. The van der Waals surface area contributed by atoms with Gasteiger partial charge in [-0.15, -0.1) is 11.3 Å². The Hall–Kier alpha value is -5.90. The minimum absolute atomic E-state index is 0.348. The molecule has 0 amide bonds. The van der Waals surface area contributed by atoms with Crippen LogP contribution in [0.4, 0.5) is 0 Å². The predicted octanol–water partition coefficient (Wildman–Crippen LogP) is 12.3. The molecule has 0 radical (unpaired) electrons. The largest absolute Gasteiger partial charge is 0.228 e. The Bertz CT molecular complexity index is 2740. The van der Waals surface area contributed by atoms with Gasteiger partial charge < -0.3 is 0 Å². The van der Waals surface area contributed by atoms with Crippen molar-refractivity contribution in [1.29, 1.82) is 0 Å². The summed E-state index contributed by atoms with van der Waals surface area (Å²) in [6, 6.07) is 55.2. The number of thiophene rings is 1. The highest BCUT2D eigenvalue weighted by molar-refractivity contribution is 7.25. The van der Waals surface area contributed by atoms with Gasteiger partial charge in [0.25, 0.3) is 0 Å². The van der Waals surface area contributed by atoms with Crippen LogP contribution in [0.25, 0.3) is 87.1 Å². The van der Waals surface area contributed by atoms with Crippen LogP contribution in [-0.2, 0) is 6.42 Å². The second-order valence-corrected chi connectivity index (χ2v) is 14.4. The van der Waals surface area contributed by atoms with Crippen molar-refractivity contribution in [2.75, 3.05) is 0 Å². The zero-order valence-electron chi connectivity index (χ0n) is 26.5. The molecule has 1 unspecified atom stereocenters. The Morgan fingerprint density at radius 3 is 1.92 bits per heavy atom. The van der Waals surface area contributed by atoms with E-state index in [2.05, 4.69) is 140 Å². The van der Waals surface area contributed by atoms with Gasteiger partial charge in [-0.25, -0.2) is 9.97 Å². The van der Waals surface area contributed by atoms with Crippen LogP contribution in [0, 0.1) is 0 Å². The van der Waals surface area contributed by atoms with Crippen molar-refractivity contribution in [1.82, 2.24) is 9.97 Å².